The second-order valence-corrected chi connectivity index (χ2v) is 10.6. The minimum atomic E-state index is -3.50. The smallest absolute Gasteiger partial charge is 0.243 e. The Labute approximate surface area is 179 Å². The van der Waals surface area contributed by atoms with Gasteiger partial charge in [0.05, 0.1) is 24.2 Å². The number of rotatable bonds is 3. The maximum atomic E-state index is 13.1. The zero-order valence-electron chi connectivity index (χ0n) is 15.9. The van der Waals surface area contributed by atoms with Crippen LogP contribution in [0.5, 0.6) is 0 Å². The van der Waals surface area contributed by atoms with Gasteiger partial charge in [0.25, 0.3) is 0 Å². The van der Waals surface area contributed by atoms with E-state index < -0.39 is 10.0 Å². The van der Waals surface area contributed by atoms with Crippen molar-refractivity contribution in [3.63, 3.8) is 0 Å². The van der Waals surface area contributed by atoms with Crippen LogP contribution in [-0.2, 0) is 14.8 Å². The molecule has 5 rings (SSSR count). The van der Waals surface area contributed by atoms with Crippen LogP contribution in [0.25, 0.3) is 0 Å². The van der Waals surface area contributed by atoms with Crippen LogP contribution in [0.1, 0.15) is 29.5 Å². The molecule has 3 aliphatic rings. The van der Waals surface area contributed by atoms with Gasteiger partial charge in [0, 0.05) is 29.2 Å². The van der Waals surface area contributed by atoms with Crippen molar-refractivity contribution in [3.05, 3.63) is 70.2 Å². The summed E-state index contributed by atoms with van der Waals surface area (Å²) in [6, 6.07) is 14.2. The van der Waals surface area contributed by atoms with Gasteiger partial charge in [-0.2, -0.15) is 4.31 Å². The van der Waals surface area contributed by atoms with Gasteiger partial charge in [-0.3, -0.25) is 0 Å². The van der Waals surface area contributed by atoms with Gasteiger partial charge in [0.1, 0.15) is 0 Å². The number of nitrogens with one attached hydrogen (secondary N) is 1. The van der Waals surface area contributed by atoms with Crippen molar-refractivity contribution >= 4 is 31.6 Å². The number of halogens is 1. The average Bonchev–Trinajstić information content (AvgIpc) is 3.24. The largest absolute Gasteiger partial charge is 0.379 e. The van der Waals surface area contributed by atoms with Crippen LogP contribution >= 0.6 is 15.9 Å². The normalized spacial score (nSPS) is 26.6. The van der Waals surface area contributed by atoms with Crippen molar-refractivity contribution in [2.24, 2.45) is 5.92 Å². The zero-order valence-corrected chi connectivity index (χ0v) is 18.3. The molecule has 0 amide bonds. The summed E-state index contributed by atoms with van der Waals surface area (Å²) in [6.45, 7) is 1.73. The molecule has 0 aromatic heterocycles. The van der Waals surface area contributed by atoms with Crippen LogP contribution in [0.15, 0.2) is 64.0 Å². The molecule has 2 heterocycles. The fourth-order valence-electron chi connectivity index (χ4n) is 4.67. The molecule has 0 saturated carbocycles. The molecule has 5 nitrogen and oxygen atoms in total. The Morgan fingerprint density at radius 2 is 1.83 bits per heavy atom. The molecule has 2 aromatic rings. The molecule has 1 aliphatic carbocycles. The van der Waals surface area contributed by atoms with E-state index in [-0.39, 0.29) is 12.0 Å². The first-order chi connectivity index (χ1) is 14.0. The summed E-state index contributed by atoms with van der Waals surface area (Å²) in [5.74, 6) is 0.602. The van der Waals surface area contributed by atoms with E-state index in [1.165, 1.54) is 9.87 Å². The quantitative estimate of drug-likeness (QED) is 0.673. The minimum Gasteiger partial charge on any atom is -0.379 e. The fourth-order valence-corrected chi connectivity index (χ4v) is 6.38. The molecule has 29 heavy (non-hydrogen) atoms. The van der Waals surface area contributed by atoms with Crippen LogP contribution in [-0.4, -0.2) is 39.0 Å². The van der Waals surface area contributed by atoms with Gasteiger partial charge in [-0.15, -0.1) is 0 Å². The first kappa shape index (κ1) is 19.3. The predicted octanol–water partition coefficient (Wildman–Crippen LogP) is 4.30. The number of morpholine rings is 1. The molecular weight excluding hydrogens is 452 g/mol. The Morgan fingerprint density at radius 1 is 1.07 bits per heavy atom. The Kier molecular flexibility index (Phi) is 5.02. The summed E-state index contributed by atoms with van der Waals surface area (Å²) in [7, 11) is -3.50. The number of hydrogen-bond acceptors (Lipinski definition) is 4. The van der Waals surface area contributed by atoms with Crippen LogP contribution < -0.4 is 5.32 Å². The number of allylic oxidation sites excluding steroid dienone is 2. The van der Waals surface area contributed by atoms with Gasteiger partial charge in [-0.1, -0.05) is 40.2 Å². The lowest BCUT2D eigenvalue weighted by atomic mass is 9.77. The lowest BCUT2D eigenvalue weighted by molar-refractivity contribution is 0.0730. The van der Waals surface area contributed by atoms with E-state index >= 15 is 0 Å². The summed E-state index contributed by atoms with van der Waals surface area (Å²) in [4.78, 5) is 0.376. The zero-order chi connectivity index (χ0) is 20.0. The van der Waals surface area contributed by atoms with Crippen molar-refractivity contribution < 1.29 is 13.2 Å². The molecule has 0 spiro atoms. The van der Waals surface area contributed by atoms with Gasteiger partial charge < -0.3 is 10.1 Å². The van der Waals surface area contributed by atoms with Crippen molar-refractivity contribution in [1.29, 1.82) is 0 Å². The van der Waals surface area contributed by atoms with Gasteiger partial charge in [-0.25, -0.2) is 8.42 Å². The second-order valence-electron chi connectivity index (χ2n) is 7.79. The van der Waals surface area contributed by atoms with Gasteiger partial charge in [-0.05, 0) is 53.8 Å². The van der Waals surface area contributed by atoms with E-state index in [1.54, 1.807) is 6.07 Å². The lowest BCUT2D eigenvalue weighted by Crippen LogP contribution is -2.40. The van der Waals surface area contributed by atoms with E-state index in [4.69, 9.17) is 4.74 Å². The molecule has 1 saturated heterocycles. The van der Waals surface area contributed by atoms with Crippen LogP contribution in [0, 0.1) is 5.92 Å². The van der Waals surface area contributed by atoms with Gasteiger partial charge in [0.15, 0.2) is 0 Å². The highest BCUT2D eigenvalue weighted by molar-refractivity contribution is 9.10. The molecule has 3 unspecified atom stereocenters. The highest BCUT2D eigenvalue weighted by Gasteiger charge is 2.39. The highest BCUT2D eigenvalue weighted by Crippen LogP contribution is 2.50. The topological polar surface area (TPSA) is 58.6 Å². The second kappa shape index (κ2) is 7.54. The third kappa shape index (κ3) is 3.44. The summed E-state index contributed by atoms with van der Waals surface area (Å²) >= 11 is 3.51. The first-order valence-corrected chi connectivity index (χ1v) is 12.2. The standard InChI is InChI=1S/C22H23BrN2O3S/c23-16-6-4-15(5-7-16)22-19-3-1-2-18(19)20-14-17(8-9-21(20)24-22)29(26,27)25-10-12-28-13-11-25/h1-2,4-9,14,18-19,22,24H,3,10-13H2. The Hall–Kier alpha value is -1.67. The van der Waals surface area contributed by atoms with Crippen molar-refractivity contribution in [3.8, 4) is 0 Å². The number of benzene rings is 2. The maximum absolute atomic E-state index is 13.1. The predicted molar refractivity (Wildman–Crippen MR) is 117 cm³/mol. The van der Waals surface area contributed by atoms with E-state index in [0.29, 0.717) is 37.1 Å². The molecule has 152 valence electrons. The molecule has 2 aromatic carbocycles. The third-order valence-corrected chi connectivity index (χ3v) is 8.59. The summed E-state index contributed by atoms with van der Waals surface area (Å²) < 4.78 is 34.1. The monoisotopic (exact) mass is 474 g/mol. The van der Waals surface area contributed by atoms with Gasteiger partial charge in [0.2, 0.25) is 10.0 Å². The summed E-state index contributed by atoms with van der Waals surface area (Å²) in [5.41, 5.74) is 3.35. The molecule has 2 aliphatic heterocycles. The van der Waals surface area contributed by atoms with Crippen LogP contribution in [0.2, 0.25) is 0 Å². The Morgan fingerprint density at radius 3 is 2.59 bits per heavy atom. The van der Waals surface area contributed by atoms with Crippen molar-refractivity contribution in [2.75, 3.05) is 31.6 Å². The van der Waals surface area contributed by atoms with E-state index in [1.807, 2.05) is 12.1 Å². The summed E-state index contributed by atoms with van der Waals surface area (Å²) in [5, 5.41) is 3.68. The molecule has 3 atom stereocenters. The number of hydrogen-bond donors (Lipinski definition) is 1. The SMILES string of the molecule is O=S(=O)(c1ccc2c(c1)C1C=CCC1C(c1ccc(Br)cc1)N2)N1CCOCC1. The van der Waals surface area contributed by atoms with Crippen molar-refractivity contribution in [1.82, 2.24) is 4.31 Å². The molecular formula is C22H23BrN2O3S. The third-order valence-electron chi connectivity index (χ3n) is 6.17. The Balaban J connectivity index is 1.51. The van der Waals surface area contributed by atoms with E-state index in [0.717, 1.165) is 22.1 Å². The Bertz CT molecular complexity index is 1050. The fraction of sp³-hybridized carbons (Fsp3) is 0.364. The molecule has 0 radical (unpaired) electrons. The summed E-state index contributed by atoms with van der Waals surface area (Å²) in [6.07, 6.45) is 5.45. The van der Waals surface area contributed by atoms with E-state index in [2.05, 4.69) is 57.7 Å². The first-order valence-electron chi connectivity index (χ1n) is 9.94. The number of nitrogens with zero attached hydrogens (tertiary/aromatic N) is 1. The van der Waals surface area contributed by atoms with Crippen LogP contribution in [0.3, 0.4) is 0 Å². The van der Waals surface area contributed by atoms with Gasteiger partial charge >= 0.3 is 0 Å². The van der Waals surface area contributed by atoms with Crippen LogP contribution in [0.4, 0.5) is 5.69 Å². The molecule has 0 bridgehead atoms. The average molecular weight is 475 g/mol. The minimum absolute atomic E-state index is 0.206. The molecule has 7 heteroatoms. The molecule has 1 fully saturated rings. The van der Waals surface area contributed by atoms with Crippen molar-refractivity contribution in [2.45, 2.75) is 23.3 Å². The number of anilines is 1. The molecule has 1 N–H and O–H groups in total. The van der Waals surface area contributed by atoms with E-state index in [9.17, 15) is 8.42 Å². The number of sulfonamides is 1. The highest BCUT2D eigenvalue weighted by atomic mass is 79.9. The lowest BCUT2D eigenvalue weighted by Gasteiger charge is -2.38. The number of fused-ring (bicyclic) bond motifs is 3. The number of ether oxygens (including phenoxy) is 1. The maximum Gasteiger partial charge on any atom is 0.243 e.